The van der Waals surface area contributed by atoms with Crippen molar-refractivity contribution in [2.45, 2.75) is 64.8 Å². The molecule has 0 radical (unpaired) electrons. The molecule has 1 heterocycles. The summed E-state index contributed by atoms with van der Waals surface area (Å²) in [5.74, 6) is 6.99. The van der Waals surface area contributed by atoms with Gasteiger partial charge in [-0.15, -0.1) is 0 Å². The Balaban J connectivity index is 2.09. The van der Waals surface area contributed by atoms with Gasteiger partial charge in [-0.3, -0.25) is 4.90 Å². The number of likely N-dealkylation sites (tertiary alicyclic amines) is 1. The maximum atomic E-state index is 12.2. The normalized spacial score (nSPS) is 20.4. The Labute approximate surface area is 174 Å². The number of aliphatic hydroxyl groups is 1. The largest absolute Gasteiger partial charge is 0.497 e. The first-order chi connectivity index (χ1) is 13.4. The molecule has 1 saturated heterocycles. The number of ether oxygens (including phenoxy) is 2. The highest BCUT2D eigenvalue weighted by molar-refractivity contribution is 5.68. The standard InChI is InChI=1S/C23H34N2O4/c1-22(2,3)29-21(26)24-19-13-18(11-12-23(4,5)27)15-25(16-19)14-17-7-9-20(28-6)10-8-17/h7-10,18-19,27H,13-16H2,1-6H3,(H,24,26)/t18-,19+/m1/s1. The second-order valence-electron chi connectivity index (χ2n) is 9.15. The van der Waals surface area contributed by atoms with Gasteiger partial charge in [0.2, 0.25) is 0 Å². The number of benzene rings is 1. The van der Waals surface area contributed by atoms with Crippen molar-refractivity contribution in [3.63, 3.8) is 0 Å². The number of piperidine rings is 1. The van der Waals surface area contributed by atoms with Crippen LogP contribution in [0.1, 0.15) is 46.6 Å². The lowest BCUT2D eigenvalue weighted by Crippen LogP contribution is -2.51. The van der Waals surface area contributed by atoms with E-state index < -0.39 is 17.3 Å². The zero-order valence-electron chi connectivity index (χ0n) is 18.4. The molecule has 1 aromatic carbocycles. The fourth-order valence-electron chi connectivity index (χ4n) is 3.27. The molecule has 1 aliphatic rings. The Morgan fingerprint density at radius 3 is 2.41 bits per heavy atom. The quantitative estimate of drug-likeness (QED) is 0.757. The number of nitrogens with zero attached hydrogens (tertiary/aromatic N) is 1. The van der Waals surface area contributed by atoms with E-state index in [1.165, 1.54) is 0 Å². The maximum Gasteiger partial charge on any atom is 0.407 e. The third-order valence-electron chi connectivity index (χ3n) is 4.39. The molecule has 0 bridgehead atoms. The Bertz CT molecular complexity index is 735. The molecule has 160 valence electrons. The van der Waals surface area contributed by atoms with Crippen molar-refractivity contribution < 1.29 is 19.4 Å². The summed E-state index contributed by atoms with van der Waals surface area (Å²) in [5, 5.41) is 12.9. The molecule has 1 aromatic rings. The van der Waals surface area contributed by atoms with Crippen molar-refractivity contribution in [3.05, 3.63) is 29.8 Å². The number of hydrogen-bond donors (Lipinski definition) is 2. The van der Waals surface area contributed by atoms with Crippen LogP contribution in [0.3, 0.4) is 0 Å². The SMILES string of the molecule is COc1ccc(CN2C[C@H](C#CC(C)(C)O)C[C@H](NC(=O)OC(C)(C)C)C2)cc1. The summed E-state index contributed by atoms with van der Waals surface area (Å²) >= 11 is 0. The minimum absolute atomic E-state index is 0.0494. The number of carbonyl (C=O) groups is 1. The average molecular weight is 403 g/mol. The predicted octanol–water partition coefficient (Wildman–Crippen LogP) is 3.18. The lowest BCUT2D eigenvalue weighted by molar-refractivity contribution is 0.0457. The number of carbonyl (C=O) groups excluding carboxylic acids is 1. The van der Waals surface area contributed by atoms with Crippen molar-refractivity contribution in [2.24, 2.45) is 5.92 Å². The van der Waals surface area contributed by atoms with Crippen LogP contribution in [0.2, 0.25) is 0 Å². The summed E-state index contributed by atoms with van der Waals surface area (Å²) in [6.45, 7) is 11.1. The highest BCUT2D eigenvalue weighted by atomic mass is 16.6. The van der Waals surface area contributed by atoms with E-state index in [2.05, 4.69) is 22.1 Å². The van der Waals surface area contributed by atoms with E-state index in [4.69, 9.17) is 9.47 Å². The van der Waals surface area contributed by atoms with E-state index in [1.54, 1.807) is 21.0 Å². The predicted molar refractivity (Wildman–Crippen MR) is 114 cm³/mol. The van der Waals surface area contributed by atoms with Crippen molar-refractivity contribution in [2.75, 3.05) is 20.2 Å². The summed E-state index contributed by atoms with van der Waals surface area (Å²) in [6.07, 6.45) is 0.310. The number of nitrogens with one attached hydrogen (secondary N) is 1. The van der Waals surface area contributed by atoms with Gasteiger partial charge in [-0.25, -0.2) is 4.79 Å². The van der Waals surface area contributed by atoms with Gasteiger partial charge in [-0.1, -0.05) is 24.0 Å². The maximum absolute atomic E-state index is 12.2. The van der Waals surface area contributed by atoms with Crippen LogP contribution in [0.25, 0.3) is 0 Å². The van der Waals surface area contributed by atoms with Crippen molar-refractivity contribution >= 4 is 6.09 Å². The summed E-state index contributed by atoms with van der Waals surface area (Å²) in [7, 11) is 1.65. The zero-order chi connectivity index (χ0) is 21.7. The van der Waals surface area contributed by atoms with Crippen LogP contribution in [0.15, 0.2) is 24.3 Å². The van der Waals surface area contributed by atoms with Gasteiger partial charge in [-0.05, 0) is 58.7 Å². The van der Waals surface area contributed by atoms with E-state index in [-0.39, 0.29) is 12.0 Å². The average Bonchev–Trinajstić information content (AvgIpc) is 2.58. The van der Waals surface area contributed by atoms with Gasteiger partial charge in [0, 0.05) is 31.6 Å². The molecule has 0 saturated carbocycles. The fraction of sp³-hybridized carbons (Fsp3) is 0.609. The van der Waals surface area contributed by atoms with E-state index in [0.717, 1.165) is 30.8 Å². The molecular formula is C23H34N2O4. The molecule has 1 fully saturated rings. The molecule has 1 aliphatic heterocycles. The van der Waals surface area contributed by atoms with E-state index in [9.17, 15) is 9.90 Å². The summed E-state index contributed by atoms with van der Waals surface area (Å²) in [5.41, 5.74) is -0.411. The van der Waals surface area contributed by atoms with Crippen molar-refractivity contribution in [3.8, 4) is 17.6 Å². The third kappa shape index (κ3) is 8.76. The molecule has 29 heavy (non-hydrogen) atoms. The van der Waals surface area contributed by atoms with Crippen LogP contribution >= 0.6 is 0 Å². The molecule has 2 rings (SSSR count). The number of rotatable bonds is 4. The molecule has 6 nitrogen and oxygen atoms in total. The minimum atomic E-state index is -1.04. The van der Waals surface area contributed by atoms with Gasteiger partial charge in [0.15, 0.2) is 0 Å². The molecule has 0 unspecified atom stereocenters. The topological polar surface area (TPSA) is 71.0 Å². The number of hydrogen-bond acceptors (Lipinski definition) is 5. The third-order valence-corrected chi connectivity index (χ3v) is 4.39. The van der Waals surface area contributed by atoms with Gasteiger partial charge in [0.1, 0.15) is 17.0 Å². The molecule has 0 spiro atoms. The fourth-order valence-corrected chi connectivity index (χ4v) is 3.27. The first kappa shape index (κ1) is 23.1. The monoisotopic (exact) mass is 402 g/mol. The lowest BCUT2D eigenvalue weighted by Gasteiger charge is -2.36. The van der Waals surface area contributed by atoms with E-state index in [1.807, 2.05) is 45.0 Å². The van der Waals surface area contributed by atoms with Crippen molar-refractivity contribution in [1.29, 1.82) is 0 Å². The Morgan fingerprint density at radius 1 is 1.21 bits per heavy atom. The van der Waals surface area contributed by atoms with Crippen LogP contribution in [0, 0.1) is 17.8 Å². The van der Waals surface area contributed by atoms with Gasteiger partial charge < -0.3 is 19.9 Å². The van der Waals surface area contributed by atoms with Gasteiger partial charge in [0.05, 0.1) is 7.11 Å². The highest BCUT2D eigenvalue weighted by Gasteiger charge is 2.29. The van der Waals surface area contributed by atoms with Crippen molar-refractivity contribution in [1.82, 2.24) is 10.2 Å². The van der Waals surface area contributed by atoms with Gasteiger partial charge >= 0.3 is 6.09 Å². The summed E-state index contributed by atoms with van der Waals surface area (Å²) < 4.78 is 10.6. The highest BCUT2D eigenvalue weighted by Crippen LogP contribution is 2.21. The number of alkyl carbamates (subject to hydrolysis) is 1. The number of methoxy groups -OCH3 is 1. The number of amides is 1. The van der Waals surface area contributed by atoms with E-state index >= 15 is 0 Å². The van der Waals surface area contributed by atoms with Crippen LogP contribution in [0.4, 0.5) is 4.79 Å². The van der Waals surface area contributed by atoms with Gasteiger partial charge in [0.25, 0.3) is 0 Å². The minimum Gasteiger partial charge on any atom is -0.497 e. The molecule has 1 amide bonds. The van der Waals surface area contributed by atoms with E-state index in [0.29, 0.717) is 6.54 Å². The molecular weight excluding hydrogens is 368 g/mol. The Hall–Kier alpha value is -2.23. The van der Waals surface area contributed by atoms with Crippen LogP contribution in [0.5, 0.6) is 5.75 Å². The molecule has 2 N–H and O–H groups in total. The second kappa shape index (κ2) is 9.51. The first-order valence-corrected chi connectivity index (χ1v) is 10.0. The Morgan fingerprint density at radius 2 is 1.86 bits per heavy atom. The summed E-state index contributed by atoms with van der Waals surface area (Å²) in [6, 6.07) is 7.91. The van der Waals surface area contributed by atoms with Crippen LogP contribution < -0.4 is 10.1 Å². The molecule has 0 aliphatic carbocycles. The van der Waals surface area contributed by atoms with Crippen LogP contribution in [-0.2, 0) is 11.3 Å². The smallest absolute Gasteiger partial charge is 0.407 e. The second-order valence-corrected chi connectivity index (χ2v) is 9.15. The van der Waals surface area contributed by atoms with Gasteiger partial charge in [-0.2, -0.15) is 0 Å². The Kier molecular flexibility index (Phi) is 7.56. The first-order valence-electron chi connectivity index (χ1n) is 10.0. The molecule has 6 heteroatoms. The zero-order valence-corrected chi connectivity index (χ0v) is 18.4. The molecule has 0 aromatic heterocycles. The van der Waals surface area contributed by atoms with Crippen LogP contribution in [-0.4, -0.2) is 53.5 Å². The lowest BCUT2D eigenvalue weighted by atomic mass is 9.93. The molecule has 2 atom stereocenters. The summed E-state index contributed by atoms with van der Waals surface area (Å²) in [4.78, 5) is 14.5.